The molecule has 1 saturated carbocycles. The average molecular weight is 459 g/mol. The van der Waals surface area contributed by atoms with Crippen molar-refractivity contribution in [3.05, 3.63) is 41.2 Å². The molecule has 1 aliphatic heterocycles. The Bertz CT molecular complexity index is 1050. The molecule has 0 radical (unpaired) electrons. The number of amides is 2. The van der Waals surface area contributed by atoms with E-state index in [2.05, 4.69) is 20.6 Å². The fourth-order valence-corrected chi connectivity index (χ4v) is 4.33. The van der Waals surface area contributed by atoms with Gasteiger partial charge in [-0.1, -0.05) is 26.0 Å². The first kappa shape index (κ1) is 23.3. The molecule has 4 rings (SSSR count). The van der Waals surface area contributed by atoms with Crippen LogP contribution in [-0.4, -0.2) is 60.5 Å². The maximum Gasteiger partial charge on any atom is 0.248 e. The van der Waals surface area contributed by atoms with Crippen LogP contribution in [0.1, 0.15) is 68.9 Å². The quantitative estimate of drug-likeness (QED) is 0.683. The number of pyridine rings is 1. The van der Waals surface area contributed by atoms with Gasteiger partial charge in [-0.05, 0) is 36.8 Å². The number of aryl methyl sites for hydroxylation is 1. The van der Waals surface area contributed by atoms with Gasteiger partial charge in [0, 0.05) is 31.3 Å². The van der Waals surface area contributed by atoms with E-state index in [4.69, 9.17) is 0 Å². The summed E-state index contributed by atoms with van der Waals surface area (Å²) in [5.41, 5.74) is 0.936. The monoisotopic (exact) mass is 458 g/mol. The summed E-state index contributed by atoms with van der Waals surface area (Å²) < 4.78 is 15.8. The molecule has 3 atom stereocenters. The number of carbonyl (C=O) groups is 2. The zero-order valence-electron chi connectivity index (χ0n) is 19.5. The van der Waals surface area contributed by atoms with Crippen LogP contribution in [0.3, 0.4) is 0 Å². The van der Waals surface area contributed by atoms with Gasteiger partial charge in [-0.3, -0.25) is 14.6 Å². The van der Waals surface area contributed by atoms with Crippen LogP contribution in [0.4, 0.5) is 4.39 Å². The Balaban J connectivity index is 1.52. The lowest BCUT2D eigenvalue weighted by atomic mass is 9.85. The van der Waals surface area contributed by atoms with Crippen molar-refractivity contribution in [1.29, 1.82) is 0 Å². The van der Waals surface area contributed by atoms with Gasteiger partial charge in [-0.15, -0.1) is 5.10 Å². The molecule has 9 nitrogen and oxygen atoms in total. The number of nitrogens with zero attached hydrogens (tertiary/aromatic N) is 5. The standard InChI is InChI=1S/C23H31FN6O3/c1-13-7-8-25-16(19(13)24)10-26-21(32)18-9-15(31)11-29(18)22(33)20(23(2,3)4)30-12-17(27-28-30)14-5-6-14/h7-8,12,14-15,18,20,31H,5-6,9-11H2,1-4H3,(H,26,32)/t15?,18?,20-/m1/s1. The third-order valence-electron chi connectivity index (χ3n) is 6.29. The number of aliphatic hydroxyl groups is 1. The zero-order chi connectivity index (χ0) is 23.9. The summed E-state index contributed by atoms with van der Waals surface area (Å²) in [5, 5.41) is 21.4. The van der Waals surface area contributed by atoms with E-state index in [0.29, 0.717) is 11.5 Å². The summed E-state index contributed by atoms with van der Waals surface area (Å²) >= 11 is 0. The van der Waals surface area contributed by atoms with Crippen LogP contribution in [0.2, 0.25) is 0 Å². The summed E-state index contributed by atoms with van der Waals surface area (Å²) in [6, 6.07) is 0.00502. The van der Waals surface area contributed by atoms with E-state index in [1.165, 1.54) is 11.1 Å². The number of β-amino-alcohol motifs (C(OH)–C–C–N with tert-alkyl or cyclic N) is 1. The van der Waals surface area contributed by atoms with E-state index in [-0.39, 0.29) is 31.1 Å². The molecule has 1 saturated heterocycles. The number of halogens is 1. The van der Waals surface area contributed by atoms with Crippen molar-refractivity contribution in [1.82, 2.24) is 30.2 Å². The molecule has 2 amide bonds. The van der Waals surface area contributed by atoms with Crippen molar-refractivity contribution < 1.29 is 19.1 Å². The molecule has 0 bridgehead atoms. The minimum absolute atomic E-state index is 0.0464. The normalized spacial score (nSPS) is 21.8. The maximum absolute atomic E-state index is 14.3. The van der Waals surface area contributed by atoms with E-state index >= 15 is 0 Å². The van der Waals surface area contributed by atoms with Gasteiger partial charge in [-0.25, -0.2) is 9.07 Å². The molecule has 2 unspecified atom stereocenters. The lowest BCUT2D eigenvalue weighted by Gasteiger charge is -2.34. The molecule has 0 spiro atoms. The molecular weight excluding hydrogens is 427 g/mol. The fourth-order valence-electron chi connectivity index (χ4n) is 4.33. The molecule has 10 heteroatoms. The molecule has 1 aliphatic carbocycles. The predicted octanol–water partition coefficient (Wildman–Crippen LogP) is 1.86. The number of rotatable bonds is 6. The minimum Gasteiger partial charge on any atom is -0.391 e. The van der Waals surface area contributed by atoms with Gasteiger partial charge in [-0.2, -0.15) is 0 Å². The molecule has 3 heterocycles. The maximum atomic E-state index is 14.3. The molecule has 178 valence electrons. The van der Waals surface area contributed by atoms with Gasteiger partial charge in [0.15, 0.2) is 0 Å². The second-order valence-electron chi connectivity index (χ2n) is 10.2. The van der Waals surface area contributed by atoms with Crippen LogP contribution < -0.4 is 5.32 Å². The molecule has 2 aromatic rings. The summed E-state index contributed by atoms with van der Waals surface area (Å²) in [7, 11) is 0. The summed E-state index contributed by atoms with van der Waals surface area (Å²) in [6.07, 6.45) is 4.74. The Morgan fingerprint density at radius 1 is 1.33 bits per heavy atom. The lowest BCUT2D eigenvalue weighted by Crippen LogP contribution is -2.50. The first-order valence-corrected chi connectivity index (χ1v) is 11.3. The van der Waals surface area contributed by atoms with Gasteiger partial charge in [0.25, 0.3) is 0 Å². The van der Waals surface area contributed by atoms with E-state index in [1.807, 2.05) is 27.0 Å². The van der Waals surface area contributed by atoms with Gasteiger partial charge in [0.2, 0.25) is 11.8 Å². The third-order valence-corrected chi connectivity index (χ3v) is 6.29. The highest BCUT2D eigenvalue weighted by molar-refractivity contribution is 5.90. The van der Waals surface area contributed by atoms with Crippen LogP contribution in [0.5, 0.6) is 0 Å². The number of aromatic nitrogens is 4. The van der Waals surface area contributed by atoms with Gasteiger partial charge >= 0.3 is 0 Å². The first-order chi connectivity index (χ1) is 15.6. The smallest absolute Gasteiger partial charge is 0.248 e. The molecule has 33 heavy (non-hydrogen) atoms. The highest BCUT2D eigenvalue weighted by Crippen LogP contribution is 2.40. The summed E-state index contributed by atoms with van der Waals surface area (Å²) in [5.74, 6) is -0.821. The number of hydrogen-bond donors (Lipinski definition) is 2. The molecule has 2 N–H and O–H groups in total. The van der Waals surface area contributed by atoms with Crippen LogP contribution in [-0.2, 0) is 16.1 Å². The highest BCUT2D eigenvalue weighted by Gasteiger charge is 2.45. The van der Waals surface area contributed by atoms with Crippen molar-refractivity contribution in [3.63, 3.8) is 0 Å². The predicted molar refractivity (Wildman–Crippen MR) is 117 cm³/mol. The van der Waals surface area contributed by atoms with E-state index < -0.39 is 35.3 Å². The molecule has 2 aliphatic rings. The van der Waals surface area contributed by atoms with E-state index in [9.17, 15) is 19.1 Å². The van der Waals surface area contributed by atoms with Crippen molar-refractivity contribution in [2.75, 3.05) is 6.54 Å². The topological polar surface area (TPSA) is 113 Å². The Hall–Kier alpha value is -2.88. The van der Waals surface area contributed by atoms with Crippen molar-refractivity contribution in [2.24, 2.45) is 5.41 Å². The van der Waals surface area contributed by atoms with Gasteiger partial charge in [0.05, 0.1) is 24.0 Å². The number of nitrogens with one attached hydrogen (secondary N) is 1. The van der Waals surface area contributed by atoms with Crippen molar-refractivity contribution in [3.8, 4) is 0 Å². The Labute approximate surface area is 192 Å². The Morgan fingerprint density at radius 3 is 2.73 bits per heavy atom. The fraction of sp³-hybridized carbons (Fsp3) is 0.609. The molecule has 2 fully saturated rings. The minimum atomic E-state index is -0.864. The number of carbonyl (C=O) groups excluding carboxylic acids is 2. The van der Waals surface area contributed by atoms with Crippen LogP contribution in [0.15, 0.2) is 18.5 Å². The zero-order valence-corrected chi connectivity index (χ0v) is 19.5. The van der Waals surface area contributed by atoms with Crippen LogP contribution >= 0.6 is 0 Å². The van der Waals surface area contributed by atoms with Crippen molar-refractivity contribution in [2.45, 2.75) is 77.6 Å². The summed E-state index contributed by atoms with van der Waals surface area (Å²) in [6.45, 7) is 7.37. The van der Waals surface area contributed by atoms with Gasteiger partial charge in [0.1, 0.15) is 17.9 Å². The SMILES string of the molecule is Cc1ccnc(CNC(=O)C2CC(O)CN2C(=O)[C@@H](n2cc(C3CC3)nn2)C(C)(C)C)c1F. The molecule has 2 aromatic heterocycles. The van der Waals surface area contributed by atoms with Crippen molar-refractivity contribution >= 4 is 11.8 Å². The largest absolute Gasteiger partial charge is 0.391 e. The number of hydrogen-bond acceptors (Lipinski definition) is 6. The van der Waals surface area contributed by atoms with Gasteiger partial charge < -0.3 is 15.3 Å². The number of likely N-dealkylation sites (tertiary alicyclic amines) is 1. The lowest BCUT2D eigenvalue weighted by molar-refractivity contribution is -0.144. The summed E-state index contributed by atoms with van der Waals surface area (Å²) in [4.78, 5) is 32.1. The van der Waals surface area contributed by atoms with Crippen LogP contribution in [0, 0.1) is 18.2 Å². The second kappa shape index (κ2) is 8.81. The number of aliphatic hydroxyl groups excluding tert-OH is 1. The molecule has 0 aromatic carbocycles. The third kappa shape index (κ3) is 4.90. The Morgan fingerprint density at radius 2 is 2.06 bits per heavy atom. The highest BCUT2D eigenvalue weighted by atomic mass is 19.1. The molecular formula is C23H31FN6O3. The van der Waals surface area contributed by atoms with Crippen LogP contribution in [0.25, 0.3) is 0 Å². The second-order valence-corrected chi connectivity index (χ2v) is 10.2. The first-order valence-electron chi connectivity index (χ1n) is 11.3. The van der Waals surface area contributed by atoms with E-state index in [0.717, 1.165) is 18.5 Å². The Kier molecular flexibility index (Phi) is 6.22. The van der Waals surface area contributed by atoms with E-state index in [1.54, 1.807) is 17.7 Å². The average Bonchev–Trinajstić information content (AvgIpc) is 3.35.